The molecule has 3 aromatic carbocycles. The third-order valence-electron chi connectivity index (χ3n) is 5.85. The zero-order chi connectivity index (χ0) is 23.7. The first-order valence-electron chi connectivity index (χ1n) is 10.8. The second kappa shape index (κ2) is 9.12. The molecule has 5 rings (SSSR count). The number of ether oxygens (including phenoxy) is 1. The lowest BCUT2D eigenvalue weighted by atomic mass is 10.1. The van der Waals surface area contributed by atoms with Gasteiger partial charge in [-0.25, -0.2) is 4.79 Å². The number of methoxy groups -OCH3 is 1. The van der Waals surface area contributed by atoms with Gasteiger partial charge in [0.1, 0.15) is 22.7 Å². The van der Waals surface area contributed by atoms with Crippen molar-refractivity contribution in [3.63, 3.8) is 0 Å². The molecule has 0 saturated heterocycles. The molecule has 0 aliphatic rings. The molecule has 0 saturated carbocycles. The summed E-state index contributed by atoms with van der Waals surface area (Å²) in [6, 6.07) is 22.6. The lowest BCUT2D eigenvalue weighted by Crippen LogP contribution is -2.06. The highest BCUT2D eigenvalue weighted by Gasteiger charge is 2.13. The fraction of sp³-hybridized carbons (Fsp3) is 0.107. The molecule has 0 radical (unpaired) electrons. The molecule has 2 aromatic heterocycles. The number of aliphatic hydroxyl groups is 1. The average Bonchev–Trinajstić information content (AvgIpc) is 3.18. The Morgan fingerprint density at radius 1 is 1.09 bits per heavy atom. The smallest absolute Gasteiger partial charge is 0.347 e. The van der Waals surface area contributed by atoms with E-state index < -0.39 is 5.63 Å². The zero-order valence-corrected chi connectivity index (χ0v) is 19.3. The van der Waals surface area contributed by atoms with Gasteiger partial charge in [0, 0.05) is 34.1 Å². The largest absolute Gasteiger partial charge is 0.507 e. The molecule has 1 N–H and O–H groups in total. The number of para-hydroxylation sites is 1. The fourth-order valence-electron chi connectivity index (χ4n) is 4.16. The van der Waals surface area contributed by atoms with Gasteiger partial charge in [0.25, 0.3) is 0 Å². The Morgan fingerprint density at radius 3 is 2.76 bits per heavy atom. The van der Waals surface area contributed by atoms with Crippen LogP contribution in [0, 0.1) is 0 Å². The van der Waals surface area contributed by atoms with E-state index in [0.29, 0.717) is 23.6 Å². The van der Waals surface area contributed by atoms with E-state index in [4.69, 9.17) is 20.8 Å². The highest BCUT2D eigenvalue weighted by atomic mass is 35.5. The summed E-state index contributed by atoms with van der Waals surface area (Å²) < 4.78 is 12.9. The number of rotatable bonds is 6. The lowest BCUT2D eigenvalue weighted by Gasteiger charge is -2.07. The number of allylic oxidation sites excluding steroid dienone is 1. The van der Waals surface area contributed by atoms with Gasteiger partial charge < -0.3 is 18.8 Å². The third kappa shape index (κ3) is 4.30. The summed E-state index contributed by atoms with van der Waals surface area (Å²) in [5.41, 5.74) is 3.16. The third-order valence-corrected chi connectivity index (χ3v) is 6.08. The molecule has 0 atom stereocenters. The molecule has 0 unspecified atom stereocenters. The van der Waals surface area contributed by atoms with E-state index in [2.05, 4.69) is 10.8 Å². The summed E-state index contributed by atoms with van der Waals surface area (Å²) in [4.78, 5) is 12.4. The van der Waals surface area contributed by atoms with Crippen LogP contribution in [0.1, 0.15) is 16.7 Å². The van der Waals surface area contributed by atoms with Crippen molar-refractivity contribution in [3.8, 4) is 5.75 Å². The number of halogens is 1. The maximum atomic E-state index is 12.4. The summed E-state index contributed by atoms with van der Waals surface area (Å²) in [6.45, 7) is 0.646. The van der Waals surface area contributed by atoms with Gasteiger partial charge in [0.2, 0.25) is 0 Å². The van der Waals surface area contributed by atoms with Gasteiger partial charge in [-0.1, -0.05) is 41.9 Å². The van der Waals surface area contributed by atoms with Crippen LogP contribution in [0.25, 0.3) is 27.6 Å². The first kappa shape index (κ1) is 21.9. The minimum absolute atomic E-state index is 0.113. The molecule has 5 nitrogen and oxygen atoms in total. The Labute approximate surface area is 201 Å². The van der Waals surface area contributed by atoms with Gasteiger partial charge in [0.15, 0.2) is 0 Å². The van der Waals surface area contributed by atoms with Crippen molar-refractivity contribution in [2.45, 2.75) is 13.0 Å². The molecule has 0 spiro atoms. The molecular weight excluding hydrogens is 450 g/mol. The number of hydrogen-bond acceptors (Lipinski definition) is 4. The van der Waals surface area contributed by atoms with Crippen LogP contribution in [0.3, 0.4) is 0 Å². The molecule has 0 aliphatic carbocycles. The molecule has 5 aromatic rings. The van der Waals surface area contributed by atoms with Gasteiger partial charge in [-0.15, -0.1) is 0 Å². The fourth-order valence-corrected chi connectivity index (χ4v) is 4.37. The molecule has 0 bridgehead atoms. The van der Waals surface area contributed by atoms with Crippen LogP contribution in [-0.2, 0) is 13.0 Å². The second-order valence-corrected chi connectivity index (χ2v) is 8.51. The van der Waals surface area contributed by atoms with Crippen LogP contribution < -0.4 is 10.4 Å². The van der Waals surface area contributed by atoms with E-state index in [1.165, 1.54) is 0 Å². The van der Waals surface area contributed by atoms with Crippen molar-refractivity contribution in [3.05, 3.63) is 117 Å². The molecule has 2 heterocycles. The normalized spacial score (nSPS) is 11.9. The molecule has 0 amide bonds. The maximum Gasteiger partial charge on any atom is 0.347 e. The number of aromatic nitrogens is 1. The number of nitrogens with zero attached hydrogens (tertiary/aromatic N) is 1. The van der Waals surface area contributed by atoms with Gasteiger partial charge in [-0.2, -0.15) is 0 Å². The molecule has 170 valence electrons. The van der Waals surface area contributed by atoms with Crippen molar-refractivity contribution in [1.29, 1.82) is 0 Å². The van der Waals surface area contributed by atoms with Crippen molar-refractivity contribution in [2.75, 3.05) is 7.11 Å². The first-order chi connectivity index (χ1) is 16.5. The summed E-state index contributed by atoms with van der Waals surface area (Å²) in [5, 5.41) is 13.2. The van der Waals surface area contributed by atoms with Crippen molar-refractivity contribution in [1.82, 2.24) is 4.57 Å². The minimum atomic E-state index is -0.572. The summed E-state index contributed by atoms with van der Waals surface area (Å²) >= 11 is 6.17. The van der Waals surface area contributed by atoms with E-state index in [1.54, 1.807) is 31.4 Å². The number of aliphatic hydroxyl groups excluding tert-OH is 1. The van der Waals surface area contributed by atoms with Gasteiger partial charge in [-0.3, -0.25) is 0 Å². The van der Waals surface area contributed by atoms with Crippen molar-refractivity contribution >= 4 is 39.2 Å². The highest BCUT2D eigenvalue weighted by Crippen LogP contribution is 2.28. The zero-order valence-electron chi connectivity index (χ0n) is 18.5. The van der Waals surface area contributed by atoms with Gasteiger partial charge in [-0.05, 0) is 66.1 Å². The summed E-state index contributed by atoms with van der Waals surface area (Å²) in [6.07, 6.45) is 4.11. The van der Waals surface area contributed by atoms with Crippen LogP contribution in [0.15, 0.2) is 94.3 Å². The lowest BCUT2D eigenvalue weighted by molar-refractivity contribution is 0.415. The molecular formula is C28H22ClNO4. The molecule has 0 aliphatic heterocycles. The standard InChI is InChI=1S/C28H22ClNO4/c1-33-22-10-11-25-23(15-22)20(17-30(25)16-18-5-4-7-21(29)13-18)9-12-26(31)24-14-19-6-2-3-8-27(19)34-28(24)32/h2-8,10-15,17,31H,9,16H2,1H3/b26-12+. The quantitative estimate of drug-likeness (QED) is 0.224. The Kier molecular flexibility index (Phi) is 5.86. The number of benzene rings is 3. The molecule has 6 heteroatoms. The van der Waals surface area contributed by atoms with E-state index in [1.807, 2.05) is 54.6 Å². The van der Waals surface area contributed by atoms with Crippen molar-refractivity contribution in [2.24, 2.45) is 0 Å². The first-order valence-corrected chi connectivity index (χ1v) is 11.2. The molecule has 34 heavy (non-hydrogen) atoms. The summed E-state index contributed by atoms with van der Waals surface area (Å²) in [5.74, 6) is 0.635. The van der Waals surface area contributed by atoms with Crippen LogP contribution >= 0.6 is 11.6 Å². The summed E-state index contributed by atoms with van der Waals surface area (Å²) in [7, 11) is 1.63. The Morgan fingerprint density at radius 2 is 1.94 bits per heavy atom. The minimum Gasteiger partial charge on any atom is -0.507 e. The molecule has 0 fully saturated rings. The van der Waals surface area contributed by atoms with E-state index in [-0.39, 0.29) is 11.3 Å². The van der Waals surface area contributed by atoms with Crippen LogP contribution in [0.4, 0.5) is 0 Å². The van der Waals surface area contributed by atoms with E-state index in [0.717, 1.165) is 33.2 Å². The van der Waals surface area contributed by atoms with E-state index in [9.17, 15) is 9.90 Å². The predicted octanol–water partition coefficient (Wildman–Crippen LogP) is 6.60. The second-order valence-electron chi connectivity index (χ2n) is 8.07. The maximum absolute atomic E-state index is 12.4. The van der Waals surface area contributed by atoms with Crippen LogP contribution in [0.2, 0.25) is 5.02 Å². The Balaban J connectivity index is 1.52. The average molecular weight is 472 g/mol. The number of hydrogen-bond donors (Lipinski definition) is 1. The van der Waals surface area contributed by atoms with Crippen LogP contribution in [0.5, 0.6) is 5.75 Å². The Bertz CT molecular complexity index is 1600. The SMILES string of the molecule is COc1ccc2c(c1)c(C/C=C(/O)c1cc3ccccc3oc1=O)cn2Cc1cccc(Cl)c1. The van der Waals surface area contributed by atoms with Gasteiger partial charge >= 0.3 is 5.63 Å². The number of fused-ring (bicyclic) bond motifs is 2. The van der Waals surface area contributed by atoms with Crippen molar-refractivity contribution < 1.29 is 14.3 Å². The van der Waals surface area contributed by atoms with E-state index >= 15 is 0 Å². The van der Waals surface area contributed by atoms with Crippen LogP contribution in [-0.4, -0.2) is 16.8 Å². The Hall–Kier alpha value is -3.96. The predicted molar refractivity (Wildman–Crippen MR) is 136 cm³/mol. The topological polar surface area (TPSA) is 64.6 Å². The van der Waals surface area contributed by atoms with Gasteiger partial charge in [0.05, 0.1) is 7.11 Å². The monoisotopic (exact) mass is 471 g/mol. The highest BCUT2D eigenvalue weighted by molar-refractivity contribution is 6.30.